The van der Waals surface area contributed by atoms with Crippen LogP contribution in [-0.4, -0.2) is 50.7 Å². The van der Waals surface area contributed by atoms with Crippen LogP contribution in [0, 0.1) is 5.92 Å². The monoisotopic (exact) mass is 366 g/mol. The van der Waals surface area contributed by atoms with E-state index in [1.165, 1.54) is 13.8 Å². The molecule has 0 spiro atoms. The van der Waals surface area contributed by atoms with Crippen molar-refractivity contribution in [1.29, 1.82) is 0 Å². The third-order valence-corrected chi connectivity index (χ3v) is 5.20. The molecule has 0 radical (unpaired) electrons. The first-order valence-electron chi connectivity index (χ1n) is 7.25. The Morgan fingerprint density at radius 3 is 2.65 bits per heavy atom. The van der Waals surface area contributed by atoms with E-state index < -0.39 is 46.4 Å². The summed E-state index contributed by atoms with van der Waals surface area (Å²) in [7, 11) is 0. The molecule has 7 nitrogen and oxygen atoms in total. The number of nitrogens with two attached hydrogens (primary N) is 1. The van der Waals surface area contributed by atoms with Crippen LogP contribution < -0.4 is 11.1 Å². The van der Waals surface area contributed by atoms with E-state index in [4.69, 9.17) is 33.7 Å². The number of aliphatic hydroxyl groups excluding tert-OH is 2. The molecule has 1 unspecified atom stereocenters. The molecule has 1 fully saturated rings. The Kier molecular flexibility index (Phi) is 5.15. The molecule has 23 heavy (non-hydrogen) atoms. The van der Waals surface area contributed by atoms with Crippen molar-refractivity contribution in [3.8, 4) is 0 Å². The van der Waals surface area contributed by atoms with Gasteiger partial charge in [0, 0.05) is 12.3 Å². The first kappa shape index (κ1) is 18.3. The fraction of sp³-hybridized carbons (Fsp3) is 0.714. The van der Waals surface area contributed by atoms with Crippen LogP contribution in [0.2, 0.25) is 0 Å². The van der Waals surface area contributed by atoms with Gasteiger partial charge in [0.1, 0.15) is 10.6 Å². The SMILES string of the molecule is CC(N)C(=O)N[C@@H]1[C@@H]2C[C@H](O)CC(O)=C2C(=O)O[C@]1(C)C(Cl)Cl. The molecule has 1 saturated heterocycles. The fourth-order valence-corrected chi connectivity index (χ4v) is 3.40. The van der Waals surface area contributed by atoms with Gasteiger partial charge in [0.15, 0.2) is 5.60 Å². The molecule has 5 N–H and O–H groups in total. The van der Waals surface area contributed by atoms with Crippen molar-refractivity contribution in [1.82, 2.24) is 5.32 Å². The molecule has 130 valence electrons. The second-order valence-electron chi connectivity index (χ2n) is 6.21. The molecular formula is C14H20Cl2N2O5. The number of ether oxygens (including phenoxy) is 1. The zero-order valence-electron chi connectivity index (χ0n) is 12.8. The molecule has 0 aromatic rings. The molecule has 1 aliphatic carbocycles. The highest BCUT2D eigenvalue weighted by molar-refractivity contribution is 6.45. The number of hydrogen-bond donors (Lipinski definition) is 4. The van der Waals surface area contributed by atoms with E-state index in [1.54, 1.807) is 0 Å². The summed E-state index contributed by atoms with van der Waals surface area (Å²) in [4.78, 5) is 23.2. The number of nitrogens with one attached hydrogen (secondary N) is 1. The van der Waals surface area contributed by atoms with Crippen molar-refractivity contribution >= 4 is 35.1 Å². The third kappa shape index (κ3) is 3.28. The smallest absolute Gasteiger partial charge is 0.338 e. The second-order valence-corrected chi connectivity index (χ2v) is 7.31. The van der Waals surface area contributed by atoms with E-state index in [1.807, 2.05) is 0 Å². The predicted octanol–water partition coefficient (Wildman–Crippen LogP) is 0.521. The Bertz CT molecular complexity index is 551. The number of esters is 1. The zero-order chi connectivity index (χ0) is 17.5. The summed E-state index contributed by atoms with van der Waals surface area (Å²) < 4.78 is 5.35. The lowest BCUT2D eigenvalue weighted by Gasteiger charge is -2.48. The minimum absolute atomic E-state index is 0.0386. The van der Waals surface area contributed by atoms with E-state index in [-0.39, 0.29) is 24.2 Å². The van der Waals surface area contributed by atoms with Crippen LogP contribution in [0.25, 0.3) is 0 Å². The summed E-state index contributed by atoms with van der Waals surface area (Å²) in [5, 5.41) is 22.6. The molecule has 2 aliphatic rings. The number of hydrogen-bond acceptors (Lipinski definition) is 6. The minimum atomic E-state index is -1.42. The number of rotatable bonds is 3. The van der Waals surface area contributed by atoms with Gasteiger partial charge in [-0.05, 0) is 20.3 Å². The summed E-state index contributed by atoms with van der Waals surface area (Å²) in [6, 6.07) is -1.62. The van der Waals surface area contributed by atoms with Gasteiger partial charge in [-0.3, -0.25) is 4.79 Å². The van der Waals surface area contributed by atoms with Crippen LogP contribution in [0.15, 0.2) is 11.3 Å². The summed E-state index contributed by atoms with van der Waals surface area (Å²) in [5.41, 5.74) is 4.19. The number of halogens is 2. The minimum Gasteiger partial charge on any atom is -0.512 e. The van der Waals surface area contributed by atoms with Crippen molar-refractivity contribution in [2.75, 3.05) is 0 Å². The average Bonchev–Trinajstić information content (AvgIpc) is 2.41. The van der Waals surface area contributed by atoms with Crippen molar-refractivity contribution in [3.05, 3.63) is 11.3 Å². The summed E-state index contributed by atoms with van der Waals surface area (Å²) in [6.45, 7) is 3.00. The highest BCUT2D eigenvalue weighted by atomic mass is 35.5. The van der Waals surface area contributed by atoms with Gasteiger partial charge in [0.25, 0.3) is 0 Å². The Morgan fingerprint density at radius 1 is 1.52 bits per heavy atom. The van der Waals surface area contributed by atoms with E-state index >= 15 is 0 Å². The van der Waals surface area contributed by atoms with Crippen molar-refractivity contribution in [3.63, 3.8) is 0 Å². The third-order valence-electron chi connectivity index (χ3n) is 4.33. The van der Waals surface area contributed by atoms with Gasteiger partial charge in [-0.15, -0.1) is 23.2 Å². The summed E-state index contributed by atoms with van der Waals surface area (Å²) in [6.07, 6.45) is -0.733. The lowest BCUT2D eigenvalue weighted by Crippen LogP contribution is -2.66. The lowest BCUT2D eigenvalue weighted by atomic mass is 9.72. The van der Waals surface area contributed by atoms with Crippen molar-refractivity contribution in [2.45, 2.75) is 55.3 Å². The Balaban J connectivity index is 2.47. The molecule has 1 heterocycles. The number of alkyl halides is 2. The number of carbonyl (C=O) groups excluding carboxylic acids is 2. The Morgan fingerprint density at radius 2 is 2.13 bits per heavy atom. The number of amides is 1. The van der Waals surface area contributed by atoms with E-state index in [0.29, 0.717) is 0 Å². The average molecular weight is 367 g/mol. The second kappa shape index (κ2) is 6.47. The molecule has 5 atom stereocenters. The van der Waals surface area contributed by atoms with Crippen molar-refractivity contribution in [2.24, 2.45) is 11.7 Å². The quantitative estimate of drug-likeness (QED) is 0.426. The highest BCUT2D eigenvalue weighted by Crippen LogP contribution is 2.44. The molecule has 2 rings (SSSR count). The first-order valence-corrected chi connectivity index (χ1v) is 8.12. The Labute approximate surface area is 143 Å². The molecule has 9 heteroatoms. The van der Waals surface area contributed by atoms with Crippen molar-refractivity contribution < 1.29 is 24.5 Å². The van der Waals surface area contributed by atoms with Crippen LogP contribution in [0.3, 0.4) is 0 Å². The number of carbonyl (C=O) groups is 2. The Hall–Kier alpha value is -1.02. The molecule has 0 aromatic carbocycles. The maximum absolute atomic E-state index is 12.3. The summed E-state index contributed by atoms with van der Waals surface area (Å²) >= 11 is 12.0. The van der Waals surface area contributed by atoms with Gasteiger partial charge in [0.2, 0.25) is 5.91 Å². The lowest BCUT2D eigenvalue weighted by molar-refractivity contribution is -0.167. The molecule has 1 amide bonds. The molecule has 0 bridgehead atoms. The van der Waals surface area contributed by atoms with Crippen LogP contribution in [0.5, 0.6) is 0 Å². The predicted molar refractivity (Wildman–Crippen MR) is 84.0 cm³/mol. The standard InChI is InChI=1S/C14H20Cl2N2O5/c1-5(17)11(21)18-10-7-3-6(19)4-8(20)9(7)12(22)23-14(10,2)13(15)16/h5-7,10,13,19-20H,3-4,17H2,1-2H3,(H,18,21)/t5?,6-,7+,10+,14-/m0/s1. The van der Waals surface area contributed by atoms with Gasteiger partial charge >= 0.3 is 5.97 Å². The first-order chi connectivity index (χ1) is 10.6. The normalized spacial score (nSPS) is 35.6. The maximum Gasteiger partial charge on any atom is 0.338 e. The maximum atomic E-state index is 12.3. The van der Waals surface area contributed by atoms with Crippen LogP contribution in [0.1, 0.15) is 26.7 Å². The highest BCUT2D eigenvalue weighted by Gasteiger charge is 2.56. The largest absolute Gasteiger partial charge is 0.512 e. The van der Waals surface area contributed by atoms with Crippen LogP contribution >= 0.6 is 23.2 Å². The van der Waals surface area contributed by atoms with Gasteiger partial charge in [-0.25, -0.2) is 4.79 Å². The van der Waals surface area contributed by atoms with E-state index in [0.717, 1.165) is 0 Å². The van der Waals surface area contributed by atoms with Gasteiger partial charge in [-0.1, -0.05) is 0 Å². The summed E-state index contributed by atoms with van der Waals surface area (Å²) in [5.74, 6) is -2.15. The van der Waals surface area contributed by atoms with E-state index in [2.05, 4.69) is 5.32 Å². The number of cyclic esters (lactones) is 1. The number of aliphatic hydroxyl groups is 2. The zero-order valence-corrected chi connectivity index (χ0v) is 14.3. The van der Waals surface area contributed by atoms with Crippen LogP contribution in [0.4, 0.5) is 0 Å². The van der Waals surface area contributed by atoms with Gasteiger partial charge < -0.3 is 26.0 Å². The van der Waals surface area contributed by atoms with Crippen LogP contribution in [-0.2, 0) is 14.3 Å². The van der Waals surface area contributed by atoms with Gasteiger partial charge in [0.05, 0.1) is 23.8 Å². The molecular weight excluding hydrogens is 347 g/mol. The number of fused-ring (bicyclic) bond motifs is 1. The topological polar surface area (TPSA) is 122 Å². The van der Waals surface area contributed by atoms with E-state index in [9.17, 15) is 19.8 Å². The fourth-order valence-electron chi connectivity index (χ4n) is 3.04. The molecule has 0 aromatic heterocycles. The van der Waals surface area contributed by atoms with Gasteiger partial charge in [-0.2, -0.15) is 0 Å². The molecule has 0 saturated carbocycles. The molecule has 1 aliphatic heterocycles.